The van der Waals surface area contributed by atoms with Crippen molar-refractivity contribution in [3.8, 4) is 5.75 Å². The first-order chi connectivity index (χ1) is 11.0. The van der Waals surface area contributed by atoms with Crippen molar-refractivity contribution in [2.75, 3.05) is 0 Å². The van der Waals surface area contributed by atoms with Crippen molar-refractivity contribution in [2.45, 2.75) is 25.8 Å². The number of benzene rings is 1. The highest BCUT2D eigenvalue weighted by Gasteiger charge is 2.23. The van der Waals surface area contributed by atoms with Crippen LogP contribution in [-0.4, -0.2) is 27.7 Å². The second-order valence-electron chi connectivity index (χ2n) is 5.03. The zero-order valence-corrected chi connectivity index (χ0v) is 13.7. The van der Waals surface area contributed by atoms with Crippen LogP contribution in [0.25, 0.3) is 0 Å². The molecular weight excluding hydrogens is 318 g/mol. The molecule has 0 fully saturated rings. The average Bonchev–Trinajstić information content (AvgIpc) is 2.93. The SMILES string of the molecule is CCCC(NC(=O)c1ccnn1C)C(=O)Oc1cccc(Cl)c1. The van der Waals surface area contributed by atoms with Crippen molar-refractivity contribution in [3.63, 3.8) is 0 Å². The predicted octanol–water partition coefficient (Wildman–Crippen LogP) is 2.58. The first-order valence-electron chi connectivity index (χ1n) is 7.27. The van der Waals surface area contributed by atoms with E-state index in [1.54, 1.807) is 37.4 Å². The highest BCUT2D eigenvalue weighted by molar-refractivity contribution is 6.30. The lowest BCUT2D eigenvalue weighted by atomic mass is 10.1. The Kier molecular flexibility index (Phi) is 5.76. The van der Waals surface area contributed by atoms with Crippen LogP contribution in [0.15, 0.2) is 36.5 Å². The lowest BCUT2D eigenvalue weighted by Crippen LogP contribution is -2.43. The number of aromatic nitrogens is 2. The molecule has 0 bridgehead atoms. The second kappa shape index (κ2) is 7.78. The number of nitrogens with zero attached hydrogens (tertiary/aromatic N) is 2. The number of esters is 1. The average molecular weight is 336 g/mol. The number of aryl methyl sites for hydroxylation is 1. The quantitative estimate of drug-likeness (QED) is 0.650. The van der Waals surface area contributed by atoms with Crippen molar-refractivity contribution in [1.29, 1.82) is 0 Å². The number of hydrogen-bond donors (Lipinski definition) is 1. The van der Waals surface area contributed by atoms with Crippen LogP contribution in [0.2, 0.25) is 5.02 Å². The van der Waals surface area contributed by atoms with Crippen molar-refractivity contribution in [3.05, 3.63) is 47.2 Å². The van der Waals surface area contributed by atoms with Crippen LogP contribution in [0.4, 0.5) is 0 Å². The summed E-state index contributed by atoms with van der Waals surface area (Å²) in [4.78, 5) is 24.5. The summed E-state index contributed by atoms with van der Waals surface area (Å²) in [5.41, 5.74) is 0.377. The molecule has 6 nitrogen and oxygen atoms in total. The number of nitrogens with one attached hydrogen (secondary N) is 1. The van der Waals surface area contributed by atoms with Gasteiger partial charge in [0.15, 0.2) is 0 Å². The molecule has 0 radical (unpaired) electrons. The van der Waals surface area contributed by atoms with E-state index < -0.39 is 12.0 Å². The normalized spacial score (nSPS) is 11.8. The zero-order chi connectivity index (χ0) is 16.8. The maximum atomic E-state index is 12.3. The summed E-state index contributed by atoms with van der Waals surface area (Å²) in [6, 6.07) is 7.41. The van der Waals surface area contributed by atoms with E-state index in [2.05, 4.69) is 10.4 Å². The number of rotatable bonds is 6. The van der Waals surface area contributed by atoms with Crippen LogP contribution in [0.5, 0.6) is 5.75 Å². The molecule has 1 N–H and O–H groups in total. The third kappa shape index (κ3) is 4.56. The Morgan fingerprint density at radius 2 is 2.17 bits per heavy atom. The van der Waals surface area contributed by atoms with Gasteiger partial charge in [0.1, 0.15) is 17.5 Å². The molecule has 1 amide bonds. The molecule has 0 saturated carbocycles. The highest BCUT2D eigenvalue weighted by Crippen LogP contribution is 2.18. The molecule has 23 heavy (non-hydrogen) atoms. The highest BCUT2D eigenvalue weighted by atomic mass is 35.5. The molecule has 1 atom stereocenters. The van der Waals surface area contributed by atoms with Gasteiger partial charge in [-0.25, -0.2) is 4.79 Å². The van der Waals surface area contributed by atoms with E-state index in [9.17, 15) is 9.59 Å². The van der Waals surface area contributed by atoms with Crippen molar-refractivity contribution in [2.24, 2.45) is 7.05 Å². The number of hydrogen-bond acceptors (Lipinski definition) is 4. The first kappa shape index (κ1) is 17.0. The van der Waals surface area contributed by atoms with Crippen LogP contribution in [-0.2, 0) is 11.8 Å². The summed E-state index contributed by atoms with van der Waals surface area (Å²) < 4.78 is 6.74. The van der Waals surface area contributed by atoms with Crippen molar-refractivity contribution >= 4 is 23.5 Å². The van der Waals surface area contributed by atoms with Gasteiger partial charge in [-0.05, 0) is 30.7 Å². The molecule has 122 valence electrons. The summed E-state index contributed by atoms with van der Waals surface area (Å²) >= 11 is 5.87. The number of amides is 1. The van der Waals surface area contributed by atoms with Crippen LogP contribution in [0.3, 0.4) is 0 Å². The lowest BCUT2D eigenvalue weighted by molar-refractivity contribution is -0.136. The first-order valence-corrected chi connectivity index (χ1v) is 7.65. The fraction of sp³-hybridized carbons (Fsp3) is 0.312. The lowest BCUT2D eigenvalue weighted by Gasteiger charge is -2.17. The van der Waals surface area contributed by atoms with Gasteiger partial charge in [-0.15, -0.1) is 0 Å². The fourth-order valence-corrected chi connectivity index (χ4v) is 2.26. The molecule has 0 saturated heterocycles. The molecule has 0 aliphatic heterocycles. The number of carbonyl (C=O) groups excluding carboxylic acids is 2. The monoisotopic (exact) mass is 335 g/mol. The van der Waals surface area contributed by atoms with Gasteiger partial charge in [0.25, 0.3) is 5.91 Å². The summed E-state index contributed by atoms with van der Waals surface area (Å²) in [6.07, 6.45) is 2.72. The third-order valence-electron chi connectivity index (χ3n) is 3.24. The van der Waals surface area contributed by atoms with Gasteiger partial charge in [0.05, 0.1) is 0 Å². The Morgan fingerprint density at radius 3 is 2.78 bits per heavy atom. The molecular formula is C16H18ClN3O3. The zero-order valence-electron chi connectivity index (χ0n) is 13.0. The summed E-state index contributed by atoms with van der Waals surface area (Å²) in [7, 11) is 1.66. The maximum absolute atomic E-state index is 12.3. The smallest absolute Gasteiger partial charge is 0.334 e. The molecule has 0 aliphatic carbocycles. The summed E-state index contributed by atoms with van der Waals surface area (Å²) in [5.74, 6) is -0.547. The number of halogens is 1. The van der Waals surface area contributed by atoms with Gasteiger partial charge in [-0.2, -0.15) is 5.10 Å². The fourth-order valence-electron chi connectivity index (χ4n) is 2.08. The van der Waals surface area contributed by atoms with E-state index in [0.29, 0.717) is 22.9 Å². The van der Waals surface area contributed by atoms with Crippen LogP contribution in [0, 0.1) is 0 Å². The molecule has 2 aromatic rings. The van der Waals surface area contributed by atoms with Gasteiger partial charge in [0.2, 0.25) is 0 Å². The van der Waals surface area contributed by atoms with Crippen molar-refractivity contribution in [1.82, 2.24) is 15.1 Å². The second-order valence-corrected chi connectivity index (χ2v) is 5.47. The predicted molar refractivity (Wildman–Crippen MR) is 86.5 cm³/mol. The van der Waals surface area contributed by atoms with E-state index >= 15 is 0 Å². The van der Waals surface area contributed by atoms with Crippen molar-refractivity contribution < 1.29 is 14.3 Å². The minimum Gasteiger partial charge on any atom is -0.425 e. The van der Waals surface area contributed by atoms with E-state index in [-0.39, 0.29) is 5.91 Å². The van der Waals surface area contributed by atoms with Crippen LogP contribution < -0.4 is 10.1 Å². The molecule has 0 spiro atoms. The van der Waals surface area contributed by atoms with E-state index in [4.69, 9.17) is 16.3 Å². The van der Waals surface area contributed by atoms with Crippen LogP contribution >= 0.6 is 11.6 Å². The topological polar surface area (TPSA) is 73.2 Å². The molecule has 1 aromatic heterocycles. The summed E-state index contributed by atoms with van der Waals surface area (Å²) in [5, 5.41) is 7.10. The Labute approximate surface area is 139 Å². The minimum atomic E-state index is -0.735. The van der Waals surface area contributed by atoms with E-state index in [1.165, 1.54) is 10.9 Å². The number of ether oxygens (including phenoxy) is 1. The standard InChI is InChI=1S/C16H18ClN3O3/c1-3-5-13(19-15(21)14-8-9-18-20(14)2)16(22)23-12-7-4-6-11(17)10-12/h4,6-10,13H,3,5H2,1-2H3,(H,19,21). The van der Waals surface area contributed by atoms with Crippen LogP contribution in [0.1, 0.15) is 30.3 Å². The molecule has 1 unspecified atom stereocenters. The van der Waals surface area contributed by atoms with Gasteiger partial charge in [-0.3, -0.25) is 9.48 Å². The Hall–Kier alpha value is -2.34. The number of carbonyl (C=O) groups is 2. The molecule has 1 aromatic carbocycles. The molecule has 1 heterocycles. The summed E-state index contributed by atoms with van der Waals surface area (Å²) in [6.45, 7) is 1.93. The van der Waals surface area contributed by atoms with Gasteiger partial charge >= 0.3 is 5.97 Å². The third-order valence-corrected chi connectivity index (χ3v) is 3.47. The van der Waals surface area contributed by atoms with Gasteiger partial charge < -0.3 is 10.1 Å². The maximum Gasteiger partial charge on any atom is 0.334 e. The Bertz CT molecular complexity index is 699. The van der Waals surface area contributed by atoms with E-state index in [0.717, 1.165) is 6.42 Å². The minimum absolute atomic E-state index is 0.346. The molecule has 7 heteroatoms. The Balaban J connectivity index is 2.06. The Morgan fingerprint density at radius 1 is 1.39 bits per heavy atom. The van der Waals surface area contributed by atoms with E-state index in [1.807, 2.05) is 6.92 Å². The van der Waals surface area contributed by atoms with Gasteiger partial charge in [0, 0.05) is 18.3 Å². The largest absolute Gasteiger partial charge is 0.425 e. The molecule has 0 aliphatic rings. The molecule has 2 rings (SSSR count). The van der Waals surface area contributed by atoms with Gasteiger partial charge in [-0.1, -0.05) is 31.0 Å².